The molecule has 1 N–H and O–H groups in total. The maximum atomic E-state index is 12.7. The van der Waals surface area contributed by atoms with Crippen LogP contribution in [0.2, 0.25) is 0 Å². The van der Waals surface area contributed by atoms with E-state index in [1.807, 2.05) is 11.0 Å². The predicted octanol–water partition coefficient (Wildman–Crippen LogP) is 4.25. The summed E-state index contributed by atoms with van der Waals surface area (Å²) < 4.78 is 0.730. The first-order valence-corrected chi connectivity index (χ1v) is 12.3. The minimum absolute atomic E-state index is 0.0288. The number of benzene rings is 2. The van der Waals surface area contributed by atoms with Crippen LogP contribution in [0.15, 0.2) is 46.8 Å². The monoisotopic (exact) mass is 484 g/mol. The van der Waals surface area contributed by atoms with Crippen LogP contribution < -0.4 is 10.2 Å². The number of aromatic nitrogens is 2. The number of piperazine rings is 1. The highest BCUT2D eigenvalue weighted by atomic mass is 32.2. The number of hydrogen-bond donors (Lipinski definition) is 1. The summed E-state index contributed by atoms with van der Waals surface area (Å²) >= 11 is 2.79. The Morgan fingerprint density at radius 1 is 1.12 bits per heavy atom. The molecule has 172 valence electrons. The van der Waals surface area contributed by atoms with Crippen LogP contribution in [0.3, 0.4) is 0 Å². The standard InChI is InChI=1S/C22H24N6O3S2/c1-15-7-8-17(13-16(15)2)23-21-24-25-22(33-21)32-14-20(29)27-11-9-26(10-12-27)18-5-3-4-6-19(18)28(30)31/h3-8,13H,9-12,14H2,1-2H3,(H,23,24). The van der Waals surface area contributed by atoms with Gasteiger partial charge >= 0.3 is 0 Å². The topological polar surface area (TPSA) is 104 Å². The molecule has 0 saturated carbocycles. The first kappa shape index (κ1) is 23.0. The fraction of sp³-hybridized carbons (Fsp3) is 0.318. The van der Waals surface area contributed by atoms with E-state index in [1.165, 1.54) is 40.3 Å². The van der Waals surface area contributed by atoms with Gasteiger partial charge in [0, 0.05) is 37.9 Å². The first-order valence-electron chi connectivity index (χ1n) is 10.5. The third-order valence-electron chi connectivity index (χ3n) is 5.54. The molecule has 2 heterocycles. The van der Waals surface area contributed by atoms with Crippen molar-refractivity contribution >= 4 is 51.2 Å². The molecule has 1 fully saturated rings. The van der Waals surface area contributed by atoms with Crippen LogP contribution in [-0.2, 0) is 4.79 Å². The average Bonchev–Trinajstić information content (AvgIpc) is 3.27. The van der Waals surface area contributed by atoms with Crippen LogP contribution in [0.1, 0.15) is 11.1 Å². The number of nitrogens with one attached hydrogen (secondary N) is 1. The number of nitro benzene ring substituents is 1. The molecular formula is C22H24N6O3S2. The van der Waals surface area contributed by atoms with Gasteiger partial charge in [-0.3, -0.25) is 14.9 Å². The van der Waals surface area contributed by atoms with Crippen LogP contribution in [0.5, 0.6) is 0 Å². The molecule has 1 aliphatic rings. The summed E-state index contributed by atoms with van der Waals surface area (Å²) in [7, 11) is 0. The fourth-order valence-corrected chi connectivity index (χ4v) is 5.23. The summed E-state index contributed by atoms with van der Waals surface area (Å²) in [5.41, 5.74) is 4.08. The molecule has 3 aromatic rings. The van der Waals surface area contributed by atoms with Crippen molar-refractivity contribution in [2.24, 2.45) is 0 Å². The molecule has 0 aliphatic carbocycles. The Labute approximate surface area is 200 Å². The zero-order valence-electron chi connectivity index (χ0n) is 18.4. The van der Waals surface area contributed by atoms with Gasteiger partial charge in [-0.2, -0.15) is 0 Å². The zero-order chi connectivity index (χ0) is 23.4. The molecule has 1 aliphatic heterocycles. The van der Waals surface area contributed by atoms with Gasteiger partial charge < -0.3 is 15.1 Å². The number of aryl methyl sites for hydroxylation is 2. The Kier molecular flexibility index (Phi) is 7.09. The largest absolute Gasteiger partial charge is 0.362 e. The summed E-state index contributed by atoms with van der Waals surface area (Å²) in [5.74, 6) is 0.310. The summed E-state index contributed by atoms with van der Waals surface area (Å²) in [6.07, 6.45) is 0. The lowest BCUT2D eigenvalue weighted by Crippen LogP contribution is -2.49. The minimum atomic E-state index is -0.366. The fourth-order valence-electron chi connectivity index (χ4n) is 3.56. The lowest BCUT2D eigenvalue weighted by molar-refractivity contribution is -0.384. The van der Waals surface area contributed by atoms with Crippen molar-refractivity contribution in [2.75, 3.05) is 42.1 Å². The van der Waals surface area contributed by atoms with Gasteiger partial charge in [0.15, 0.2) is 4.34 Å². The number of carbonyl (C=O) groups excluding carboxylic acids is 1. The minimum Gasteiger partial charge on any atom is -0.362 e. The van der Waals surface area contributed by atoms with E-state index in [1.54, 1.807) is 23.1 Å². The van der Waals surface area contributed by atoms with Crippen molar-refractivity contribution < 1.29 is 9.72 Å². The molecule has 4 rings (SSSR count). The molecule has 0 unspecified atom stereocenters. The van der Waals surface area contributed by atoms with Crippen LogP contribution in [0, 0.1) is 24.0 Å². The molecule has 0 atom stereocenters. The van der Waals surface area contributed by atoms with E-state index in [2.05, 4.69) is 41.5 Å². The molecule has 1 saturated heterocycles. The van der Waals surface area contributed by atoms with E-state index in [0.717, 1.165) is 10.0 Å². The van der Waals surface area contributed by atoms with Crippen molar-refractivity contribution in [3.63, 3.8) is 0 Å². The molecule has 2 aromatic carbocycles. The highest BCUT2D eigenvalue weighted by Crippen LogP contribution is 2.30. The Morgan fingerprint density at radius 3 is 2.61 bits per heavy atom. The highest BCUT2D eigenvalue weighted by Gasteiger charge is 2.25. The predicted molar refractivity (Wildman–Crippen MR) is 132 cm³/mol. The molecular weight excluding hydrogens is 460 g/mol. The van der Waals surface area contributed by atoms with Crippen LogP contribution in [-0.4, -0.2) is 57.9 Å². The van der Waals surface area contributed by atoms with Gasteiger partial charge in [-0.1, -0.05) is 41.3 Å². The van der Waals surface area contributed by atoms with Crippen molar-refractivity contribution in [1.82, 2.24) is 15.1 Å². The number of para-hydroxylation sites is 2. The Balaban J connectivity index is 1.27. The van der Waals surface area contributed by atoms with E-state index in [0.29, 0.717) is 37.0 Å². The quantitative estimate of drug-likeness (QED) is 0.302. The second kappa shape index (κ2) is 10.2. The lowest BCUT2D eigenvalue weighted by Gasteiger charge is -2.35. The number of carbonyl (C=O) groups is 1. The zero-order valence-corrected chi connectivity index (χ0v) is 20.0. The molecule has 0 spiro atoms. The molecule has 0 bridgehead atoms. The summed E-state index contributed by atoms with van der Waals surface area (Å²) in [4.78, 5) is 27.4. The summed E-state index contributed by atoms with van der Waals surface area (Å²) in [6, 6.07) is 12.8. The van der Waals surface area contributed by atoms with Gasteiger partial charge in [0.25, 0.3) is 5.69 Å². The van der Waals surface area contributed by atoms with Crippen molar-refractivity contribution in [3.8, 4) is 0 Å². The van der Waals surface area contributed by atoms with E-state index >= 15 is 0 Å². The van der Waals surface area contributed by atoms with Gasteiger partial charge in [0.1, 0.15) is 5.69 Å². The average molecular weight is 485 g/mol. The number of nitro groups is 1. The highest BCUT2D eigenvalue weighted by molar-refractivity contribution is 8.01. The van der Waals surface area contributed by atoms with E-state index < -0.39 is 0 Å². The van der Waals surface area contributed by atoms with Gasteiger partial charge in [-0.25, -0.2) is 0 Å². The number of amides is 1. The molecule has 11 heteroatoms. The Morgan fingerprint density at radius 2 is 1.88 bits per heavy atom. The van der Waals surface area contributed by atoms with E-state index in [-0.39, 0.29) is 22.3 Å². The third-order valence-corrected chi connectivity index (χ3v) is 7.49. The molecule has 1 amide bonds. The number of thioether (sulfide) groups is 1. The normalized spacial score (nSPS) is 13.8. The number of anilines is 3. The Bertz CT molecular complexity index is 1160. The van der Waals surface area contributed by atoms with Gasteiger partial charge in [-0.05, 0) is 43.2 Å². The molecule has 33 heavy (non-hydrogen) atoms. The Hall–Kier alpha value is -3.18. The van der Waals surface area contributed by atoms with Crippen LogP contribution in [0.4, 0.5) is 22.2 Å². The van der Waals surface area contributed by atoms with E-state index in [9.17, 15) is 14.9 Å². The number of nitrogens with zero attached hydrogens (tertiary/aromatic N) is 5. The summed E-state index contributed by atoms with van der Waals surface area (Å²) in [5, 5.41) is 23.6. The third kappa shape index (κ3) is 5.60. The van der Waals surface area contributed by atoms with Crippen molar-refractivity contribution in [1.29, 1.82) is 0 Å². The molecule has 1 aromatic heterocycles. The second-order valence-electron chi connectivity index (χ2n) is 7.70. The van der Waals surface area contributed by atoms with Gasteiger partial charge in [0.05, 0.1) is 10.7 Å². The maximum absolute atomic E-state index is 12.7. The first-order chi connectivity index (χ1) is 15.9. The number of rotatable bonds is 7. The van der Waals surface area contributed by atoms with Gasteiger partial charge in [0.2, 0.25) is 11.0 Å². The smallest absolute Gasteiger partial charge is 0.292 e. The maximum Gasteiger partial charge on any atom is 0.292 e. The SMILES string of the molecule is Cc1ccc(Nc2nnc(SCC(=O)N3CCN(c4ccccc4[N+](=O)[O-])CC3)s2)cc1C. The van der Waals surface area contributed by atoms with E-state index in [4.69, 9.17) is 0 Å². The van der Waals surface area contributed by atoms with Crippen molar-refractivity contribution in [3.05, 3.63) is 63.7 Å². The summed E-state index contributed by atoms with van der Waals surface area (Å²) in [6.45, 7) is 6.31. The second-order valence-corrected chi connectivity index (χ2v) is 9.90. The lowest BCUT2D eigenvalue weighted by atomic mass is 10.1. The van der Waals surface area contributed by atoms with Crippen molar-refractivity contribution in [2.45, 2.75) is 18.2 Å². The van der Waals surface area contributed by atoms with Crippen LogP contribution >= 0.6 is 23.1 Å². The molecule has 0 radical (unpaired) electrons. The molecule has 9 nitrogen and oxygen atoms in total. The van der Waals surface area contributed by atoms with Crippen LogP contribution in [0.25, 0.3) is 0 Å². The number of hydrogen-bond acceptors (Lipinski definition) is 9. The van der Waals surface area contributed by atoms with Gasteiger partial charge in [-0.15, -0.1) is 10.2 Å².